The Morgan fingerprint density at radius 1 is 0.311 bits per heavy atom. The first-order chi connectivity index (χ1) is 30.2. The highest BCUT2D eigenvalue weighted by Gasteiger charge is 2.19. The molecule has 0 N–H and O–H groups in total. The molecule has 0 fully saturated rings. The average Bonchev–Trinajstić information content (AvgIpc) is 3.88. The van der Waals surface area contributed by atoms with Gasteiger partial charge >= 0.3 is 0 Å². The van der Waals surface area contributed by atoms with Crippen LogP contribution in [0.25, 0.3) is 93.6 Å². The number of aromatic nitrogens is 1. The zero-order valence-corrected chi connectivity index (χ0v) is 33.2. The van der Waals surface area contributed by atoms with Gasteiger partial charge in [-0.25, -0.2) is 0 Å². The second-order valence-electron chi connectivity index (χ2n) is 15.7. The summed E-state index contributed by atoms with van der Waals surface area (Å²) >= 11 is 0. The van der Waals surface area contributed by atoms with Gasteiger partial charge in [0.25, 0.3) is 0 Å². The number of furan rings is 1. The molecule has 286 valence electrons. The van der Waals surface area contributed by atoms with Gasteiger partial charge in [-0.15, -0.1) is 0 Å². The Labute approximate surface area is 353 Å². The van der Waals surface area contributed by atoms with Crippen molar-refractivity contribution in [3.05, 3.63) is 231 Å². The van der Waals surface area contributed by atoms with E-state index in [2.05, 4.69) is 228 Å². The van der Waals surface area contributed by atoms with Crippen LogP contribution >= 0.6 is 0 Å². The molecule has 0 atom stereocenters. The molecule has 10 aromatic carbocycles. The first-order valence-electron chi connectivity index (χ1n) is 20.8. The van der Waals surface area contributed by atoms with Gasteiger partial charge in [0.15, 0.2) is 0 Å². The van der Waals surface area contributed by atoms with E-state index in [1.54, 1.807) is 0 Å². The third kappa shape index (κ3) is 5.90. The molecule has 0 saturated heterocycles. The van der Waals surface area contributed by atoms with Gasteiger partial charge in [0.2, 0.25) is 0 Å². The van der Waals surface area contributed by atoms with Crippen LogP contribution in [0.2, 0.25) is 0 Å². The van der Waals surface area contributed by atoms with E-state index in [1.165, 1.54) is 54.8 Å². The molecule has 0 aliphatic heterocycles. The molecule has 0 amide bonds. The summed E-state index contributed by atoms with van der Waals surface area (Å²) in [5.74, 6) is 0. The van der Waals surface area contributed by atoms with E-state index in [0.717, 1.165) is 55.8 Å². The van der Waals surface area contributed by atoms with Crippen LogP contribution in [0.4, 0.5) is 17.1 Å². The van der Waals surface area contributed by atoms with Crippen LogP contribution in [0.3, 0.4) is 0 Å². The number of hydrogen-bond acceptors (Lipinski definition) is 2. The molecule has 2 aromatic heterocycles. The molecule has 0 spiro atoms. The zero-order chi connectivity index (χ0) is 40.3. The number of nitrogens with zero attached hydrogens (tertiary/aromatic N) is 2. The van der Waals surface area contributed by atoms with Gasteiger partial charge in [0, 0.05) is 44.0 Å². The van der Waals surface area contributed by atoms with Gasteiger partial charge in [0.1, 0.15) is 11.2 Å². The quantitative estimate of drug-likeness (QED) is 0.161. The molecule has 12 aromatic rings. The lowest BCUT2D eigenvalue weighted by Crippen LogP contribution is -2.10. The number of fused-ring (bicyclic) bond motifs is 7. The SMILES string of the molecule is c1ccc(-c2ccc(N(c3ccc(-c4cccc(-n5c6ccccc6c6ccccc65)c4)cc3)c3ccc(-c4ccc5c(c4)oc4ccccc45)c4ccccc34)cc2)cc1. The number of hydrogen-bond donors (Lipinski definition) is 0. The van der Waals surface area contributed by atoms with Crippen molar-refractivity contribution in [3.63, 3.8) is 0 Å². The summed E-state index contributed by atoms with van der Waals surface area (Å²) in [5, 5.41) is 7.14. The van der Waals surface area contributed by atoms with E-state index in [9.17, 15) is 0 Å². The standard InChI is InChI=1S/C58H38N2O/c1-2-13-39(14-3-1)40-25-30-44(31-26-40)59(56-36-35-47(48-17-4-5-18-49(48)56)43-29-34-53-52-21-8-11-24-57(52)61-58(53)38-43)45-32-27-41(28-33-45)42-15-12-16-46(37-42)60-54-22-9-6-19-50(54)51-20-7-10-23-55(51)60/h1-38H. The number of anilines is 3. The molecule has 0 radical (unpaired) electrons. The molecule has 0 unspecified atom stereocenters. The van der Waals surface area contributed by atoms with Crippen LogP contribution in [0.1, 0.15) is 0 Å². The molecule has 0 aliphatic carbocycles. The monoisotopic (exact) mass is 778 g/mol. The first-order valence-corrected chi connectivity index (χ1v) is 20.8. The minimum atomic E-state index is 0.896. The van der Waals surface area contributed by atoms with E-state index >= 15 is 0 Å². The highest BCUT2D eigenvalue weighted by molar-refractivity contribution is 6.11. The molecular formula is C58H38N2O. The van der Waals surface area contributed by atoms with Gasteiger partial charge in [-0.2, -0.15) is 0 Å². The van der Waals surface area contributed by atoms with Crippen molar-refractivity contribution in [2.45, 2.75) is 0 Å². The lowest BCUT2D eigenvalue weighted by Gasteiger charge is -2.28. The minimum absolute atomic E-state index is 0.896. The van der Waals surface area contributed by atoms with Crippen molar-refractivity contribution < 1.29 is 4.42 Å². The van der Waals surface area contributed by atoms with Crippen LogP contribution in [-0.2, 0) is 0 Å². The van der Waals surface area contributed by atoms with Crippen molar-refractivity contribution in [2.24, 2.45) is 0 Å². The Bertz CT molecular complexity index is 3520. The predicted octanol–water partition coefficient (Wildman–Crippen LogP) is 16.3. The summed E-state index contributed by atoms with van der Waals surface area (Å²) in [6.45, 7) is 0. The summed E-state index contributed by atoms with van der Waals surface area (Å²) in [5.41, 5.74) is 15.6. The number of para-hydroxylation sites is 3. The smallest absolute Gasteiger partial charge is 0.136 e. The average molecular weight is 779 g/mol. The molecule has 3 heteroatoms. The first kappa shape index (κ1) is 34.9. The van der Waals surface area contributed by atoms with Crippen LogP contribution in [0.15, 0.2) is 235 Å². The van der Waals surface area contributed by atoms with Crippen LogP contribution in [-0.4, -0.2) is 4.57 Å². The highest BCUT2D eigenvalue weighted by Crippen LogP contribution is 2.44. The fourth-order valence-electron chi connectivity index (χ4n) is 9.31. The third-order valence-electron chi connectivity index (χ3n) is 12.2. The number of rotatable bonds is 7. The van der Waals surface area contributed by atoms with Crippen molar-refractivity contribution in [1.82, 2.24) is 4.57 Å². The topological polar surface area (TPSA) is 21.3 Å². The molecule has 12 rings (SSSR count). The maximum atomic E-state index is 6.34. The second-order valence-corrected chi connectivity index (χ2v) is 15.7. The molecule has 0 saturated carbocycles. The van der Waals surface area contributed by atoms with Crippen molar-refractivity contribution in [1.29, 1.82) is 0 Å². The summed E-state index contributed by atoms with van der Waals surface area (Å²) in [6, 6.07) is 82.9. The molecule has 61 heavy (non-hydrogen) atoms. The van der Waals surface area contributed by atoms with Crippen molar-refractivity contribution in [2.75, 3.05) is 4.90 Å². The van der Waals surface area contributed by atoms with Gasteiger partial charge in [-0.05, 0) is 112 Å². The van der Waals surface area contributed by atoms with E-state index < -0.39 is 0 Å². The fourth-order valence-corrected chi connectivity index (χ4v) is 9.31. The third-order valence-corrected chi connectivity index (χ3v) is 12.2. The normalized spacial score (nSPS) is 11.6. The Hall–Kier alpha value is -8.14. The van der Waals surface area contributed by atoms with E-state index in [4.69, 9.17) is 4.42 Å². The molecule has 0 aliphatic rings. The van der Waals surface area contributed by atoms with Crippen LogP contribution in [0, 0.1) is 0 Å². The molecule has 0 bridgehead atoms. The highest BCUT2D eigenvalue weighted by atomic mass is 16.3. The van der Waals surface area contributed by atoms with Gasteiger partial charge in [-0.1, -0.05) is 158 Å². The van der Waals surface area contributed by atoms with Crippen LogP contribution < -0.4 is 4.90 Å². The summed E-state index contributed by atoms with van der Waals surface area (Å²) in [6.07, 6.45) is 0. The predicted molar refractivity (Wildman–Crippen MR) is 257 cm³/mol. The van der Waals surface area contributed by atoms with E-state index in [-0.39, 0.29) is 0 Å². The Kier molecular flexibility index (Phi) is 8.17. The fraction of sp³-hybridized carbons (Fsp3) is 0. The maximum Gasteiger partial charge on any atom is 0.136 e. The van der Waals surface area contributed by atoms with E-state index in [1.807, 2.05) is 12.1 Å². The molecular weight excluding hydrogens is 741 g/mol. The number of benzene rings is 10. The Balaban J connectivity index is 0.969. The second kappa shape index (κ2) is 14.3. The summed E-state index contributed by atoms with van der Waals surface area (Å²) in [4.78, 5) is 2.39. The van der Waals surface area contributed by atoms with Crippen molar-refractivity contribution in [3.8, 4) is 39.1 Å². The largest absolute Gasteiger partial charge is 0.456 e. The molecule has 2 heterocycles. The lowest BCUT2D eigenvalue weighted by molar-refractivity contribution is 0.669. The van der Waals surface area contributed by atoms with Gasteiger partial charge < -0.3 is 13.9 Å². The zero-order valence-electron chi connectivity index (χ0n) is 33.2. The molecule has 3 nitrogen and oxygen atoms in total. The van der Waals surface area contributed by atoms with Gasteiger partial charge in [-0.3, -0.25) is 0 Å². The Morgan fingerprint density at radius 2 is 0.836 bits per heavy atom. The van der Waals surface area contributed by atoms with Gasteiger partial charge in [0.05, 0.1) is 16.7 Å². The van der Waals surface area contributed by atoms with Crippen LogP contribution in [0.5, 0.6) is 0 Å². The van der Waals surface area contributed by atoms with E-state index in [0.29, 0.717) is 0 Å². The minimum Gasteiger partial charge on any atom is -0.456 e. The Morgan fingerprint density at radius 3 is 1.54 bits per heavy atom. The summed E-state index contributed by atoms with van der Waals surface area (Å²) in [7, 11) is 0. The van der Waals surface area contributed by atoms with Crippen molar-refractivity contribution >= 4 is 71.6 Å². The summed E-state index contributed by atoms with van der Waals surface area (Å²) < 4.78 is 8.72. The maximum absolute atomic E-state index is 6.34. The lowest BCUT2D eigenvalue weighted by atomic mass is 9.95.